The molecule has 2 nitrogen and oxygen atoms in total. The van der Waals surface area contributed by atoms with Gasteiger partial charge in [0.25, 0.3) is 0 Å². The van der Waals surface area contributed by atoms with Crippen molar-refractivity contribution in [1.29, 1.82) is 0 Å². The molecule has 0 spiro atoms. The minimum atomic E-state index is 0.309. The first kappa shape index (κ1) is 16.5. The van der Waals surface area contributed by atoms with E-state index in [1.165, 1.54) is 21.6 Å². The molecular formula is C21H19ClN2S. The van der Waals surface area contributed by atoms with Gasteiger partial charge in [-0.1, -0.05) is 48.0 Å². The normalized spacial score (nSPS) is 17.2. The predicted octanol–water partition coefficient (Wildman–Crippen LogP) is 5.60. The van der Waals surface area contributed by atoms with E-state index in [9.17, 15) is 0 Å². The van der Waals surface area contributed by atoms with E-state index in [2.05, 4.69) is 52.9 Å². The minimum absolute atomic E-state index is 0.309. The molecule has 1 unspecified atom stereocenters. The fourth-order valence-corrected chi connectivity index (χ4v) is 5.01. The number of hydrogen-bond acceptors (Lipinski definition) is 3. The van der Waals surface area contributed by atoms with Gasteiger partial charge in [0.15, 0.2) is 0 Å². The first-order chi connectivity index (χ1) is 12.3. The highest BCUT2D eigenvalue weighted by Crippen LogP contribution is 2.42. The third-order valence-electron chi connectivity index (χ3n) is 4.69. The van der Waals surface area contributed by atoms with Gasteiger partial charge in [0.05, 0.1) is 4.34 Å². The molecule has 0 bridgehead atoms. The first-order valence-electron chi connectivity index (χ1n) is 8.37. The maximum Gasteiger partial charge on any atom is 0.0934 e. The lowest BCUT2D eigenvalue weighted by Gasteiger charge is -2.33. The van der Waals surface area contributed by atoms with E-state index in [0.717, 1.165) is 29.5 Å². The number of benzene rings is 1. The summed E-state index contributed by atoms with van der Waals surface area (Å²) in [5.41, 5.74) is 5.10. The molecule has 0 fully saturated rings. The smallest absolute Gasteiger partial charge is 0.0934 e. The number of rotatable bonds is 4. The summed E-state index contributed by atoms with van der Waals surface area (Å²) in [5, 5.41) is 0. The van der Waals surface area contributed by atoms with Gasteiger partial charge in [-0.05, 0) is 28.8 Å². The standard InChI is InChI=1S/C21H19ClN2S/c1-2-10-24-13-19(18-11-21(22)25-20(18)14-24)17-8-4-3-7-16(17)15-6-5-9-23-12-15/h2-9,11-12,19H,1,10,13-14H2. The molecule has 2 aromatic heterocycles. The number of thiophene rings is 1. The highest BCUT2D eigenvalue weighted by Gasteiger charge is 2.29. The van der Waals surface area contributed by atoms with Crippen LogP contribution in [0.2, 0.25) is 4.34 Å². The molecule has 1 aliphatic heterocycles. The number of hydrogen-bond donors (Lipinski definition) is 0. The van der Waals surface area contributed by atoms with Crippen LogP contribution in [0.5, 0.6) is 0 Å². The van der Waals surface area contributed by atoms with Crippen molar-refractivity contribution in [3.8, 4) is 11.1 Å². The van der Waals surface area contributed by atoms with E-state index in [1.807, 2.05) is 24.5 Å². The number of halogens is 1. The van der Waals surface area contributed by atoms with Crippen molar-refractivity contribution in [2.24, 2.45) is 0 Å². The van der Waals surface area contributed by atoms with Crippen LogP contribution in [0.25, 0.3) is 11.1 Å². The lowest BCUT2D eigenvalue weighted by atomic mass is 9.84. The Morgan fingerprint density at radius 1 is 1.24 bits per heavy atom. The van der Waals surface area contributed by atoms with Crippen LogP contribution in [0.4, 0.5) is 0 Å². The molecule has 0 saturated heterocycles. The second-order valence-electron chi connectivity index (χ2n) is 6.29. The summed E-state index contributed by atoms with van der Waals surface area (Å²) >= 11 is 8.05. The molecule has 0 aliphatic carbocycles. The van der Waals surface area contributed by atoms with E-state index in [1.54, 1.807) is 11.3 Å². The highest BCUT2D eigenvalue weighted by molar-refractivity contribution is 7.16. The van der Waals surface area contributed by atoms with Crippen LogP contribution >= 0.6 is 22.9 Å². The second-order valence-corrected chi connectivity index (χ2v) is 8.06. The van der Waals surface area contributed by atoms with Crippen molar-refractivity contribution in [2.45, 2.75) is 12.5 Å². The van der Waals surface area contributed by atoms with Crippen molar-refractivity contribution in [3.63, 3.8) is 0 Å². The summed E-state index contributed by atoms with van der Waals surface area (Å²) in [6.45, 7) is 6.72. The Morgan fingerprint density at radius 3 is 2.92 bits per heavy atom. The summed E-state index contributed by atoms with van der Waals surface area (Å²) < 4.78 is 0.870. The molecule has 4 rings (SSSR count). The van der Waals surface area contributed by atoms with Crippen LogP contribution in [-0.4, -0.2) is 23.0 Å². The maximum absolute atomic E-state index is 6.36. The van der Waals surface area contributed by atoms with E-state index in [0.29, 0.717) is 5.92 Å². The monoisotopic (exact) mass is 366 g/mol. The van der Waals surface area contributed by atoms with Crippen LogP contribution in [0.3, 0.4) is 0 Å². The third kappa shape index (κ3) is 3.28. The Bertz CT molecular complexity index is 888. The molecular weight excluding hydrogens is 348 g/mol. The van der Waals surface area contributed by atoms with Gasteiger partial charge in [-0.15, -0.1) is 17.9 Å². The van der Waals surface area contributed by atoms with Crippen LogP contribution in [0.15, 0.2) is 67.5 Å². The molecule has 1 aliphatic rings. The summed E-state index contributed by atoms with van der Waals surface area (Å²) in [6.07, 6.45) is 5.73. The minimum Gasteiger partial charge on any atom is -0.294 e. The van der Waals surface area contributed by atoms with Gasteiger partial charge in [0, 0.05) is 48.4 Å². The van der Waals surface area contributed by atoms with E-state index in [4.69, 9.17) is 11.6 Å². The van der Waals surface area contributed by atoms with Crippen LogP contribution in [0, 0.1) is 0 Å². The molecule has 0 saturated carbocycles. The molecule has 1 atom stereocenters. The molecule has 3 aromatic rings. The topological polar surface area (TPSA) is 16.1 Å². The van der Waals surface area contributed by atoms with E-state index in [-0.39, 0.29) is 0 Å². The Labute approximate surface area is 157 Å². The van der Waals surface area contributed by atoms with Gasteiger partial charge in [-0.2, -0.15) is 0 Å². The lowest BCUT2D eigenvalue weighted by molar-refractivity contribution is 0.270. The van der Waals surface area contributed by atoms with Gasteiger partial charge in [-0.25, -0.2) is 0 Å². The molecule has 0 N–H and O–H groups in total. The lowest BCUT2D eigenvalue weighted by Crippen LogP contribution is -2.33. The fraction of sp³-hybridized carbons (Fsp3) is 0.190. The molecule has 0 radical (unpaired) electrons. The average Bonchev–Trinajstić information content (AvgIpc) is 3.02. The molecule has 3 heterocycles. The Balaban J connectivity index is 1.82. The van der Waals surface area contributed by atoms with E-state index >= 15 is 0 Å². The number of fused-ring (bicyclic) bond motifs is 1. The second kappa shape index (κ2) is 7.12. The molecule has 25 heavy (non-hydrogen) atoms. The zero-order valence-corrected chi connectivity index (χ0v) is 15.4. The van der Waals surface area contributed by atoms with Crippen molar-refractivity contribution in [2.75, 3.05) is 13.1 Å². The van der Waals surface area contributed by atoms with Crippen molar-refractivity contribution < 1.29 is 0 Å². The zero-order chi connectivity index (χ0) is 17.2. The molecule has 1 aromatic carbocycles. The average molecular weight is 367 g/mol. The van der Waals surface area contributed by atoms with Gasteiger partial charge in [-0.3, -0.25) is 9.88 Å². The van der Waals surface area contributed by atoms with Gasteiger partial charge >= 0.3 is 0 Å². The van der Waals surface area contributed by atoms with Crippen LogP contribution in [-0.2, 0) is 6.54 Å². The number of pyridine rings is 1. The van der Waals surface area contributed by atoms with Crippen LogP contribution < -0.4 is 0 Å². The quantitative estimate of drug-likeness (QED) is 0.559. The van der Waals surface area contributed by atoms with Gasteiger partial charge in [0.1, 0.15) is 0 Å². The molecule has 0 amide bonds. The molecule has 126 valence electrons. The maximum atomic E-state index is 6.36. The highest BCUT2D eigenvalue weighted by atomic mass is 35.5. The third-order valence-corrected chi connectivity index (χ3v) is 5.96. The summed E-state index contributed by atoms with van der Waals surface area (Å²) in [4.78, 5) is 8.10. The van der Waals surface area contributed by atoms with Crippen LogP contribution in [0.1, 0.15) is 21.9 Å². The number of aromatic nitrogens is 1. The van der Waals surface area contributed by atoms with Gasteiger partial charge in [0.2, 0.25) is 0 Å². The zero-order valence-electron chi connectivity index (χ0n) is 13.9. The Kier molecular flexibility index (Phi) is 4.71. The van der Waals surface area contributed by atoms with Crippen molar-refractivity contribution >= 4 is 22.9 Å². The Hall–Kier alpha value is -1.94. The number of nitrogens with zero attached hydrogens (tertiary/aromatic N) is 2. The Morgan fingerprint density at radius 2 is 2.12 bits per heavy atom. The first-order valence-corrected chi connectivity index (χ1v) is 9.56. The SMILES string of the molecule is C=CCN1Cc2sc(Cl)cc2C(c2ccccc2-c2cccnc2)C1. The summed E-state index contributed by atoms with van der Waals surface area (Å²) in [5.74, 6) is 0.309. The molecule has 4 heteroatoms. The van der Waals surface area contributed by atoms with Crippen molar-refractivity contribution in [3.05, 3.63) is 87.9 Å². The summed E-state index contributed by atoms with van der Waals surface area (Å²) in [7, 11) is 0. The largest absolute Gasteiger partial charge is 0.294 e. The van der Waals surface area contributed by atoms with Crippen molar-refractivity contribution in [1.82, 2.24) is 9.88 Å². The predicted molar refractivity (Wildman–Crippen MR) is 106 cm³/mol. The summed E-state index contributed by atoms with van der Waals surface area (Å²) in [6, 6.07) is 14.9. The van der Waals surface area contributed by atoms with E-state index < -0.39 is 0 Å². The van der Waals surface area contributed by atoms with Gasteiger partial charge < -0.3 is 0 Å². The fourth-order valence-electron chi connectivity index (χ4n) is 3.62.